The molecule has 1 aromatic rings. The molecule has 0 spiro atoms. The highest BCUT2D eigenvalue weighted by Crippen LogP contribution is 2.22. The third kappa shape index (κ3) is 4.79. The zero-order chi connectivity index (χ0) is 12.8. The highest BCUT2D eigenvalue weighted by atomic mass is 19.3. The molecule has 0 aromatic heterocycles. The van der Waals surface area contributed by atoms with E-state index in [2.05, 4.69) is 0 Å². The van der Waals surface area contributed by atoms with Gasteiger partial charge in [-0.2, -0.15) is 0 Å². The van der Waals surface area contributed by atoms with Gasteiger partial charge in [-0.3, -0.25) is 0 Å². The molecule has 0 aliphatic carbocycles. The summed E-state index contributed by atoms with van der Waals surface area (Å²) in [5.41, 5.74) is 0.824. The molecule has 0 saturated heterocycles. The number of hydrogen-bond acceptors (Lipinski definition) is 2. The maximum absolute atomic E-state index is 12.2. The monoisotopic (exact) mass is 243 g/mol. The van der Waals surface area contributed by atoms with Gasteiger partial charge in [0.1, 0.15) is 0 Å². The first-order valence-electron chi connectivity index (χ1n) is 5.70. The van der Waals surface area contributed by atoms with Gasteiger partial charge in [-0.15, -0.1) is 0 Å². The Kier molecular flexibility index (Phi) is 5.51. The quantitative estimate of drug-likeness (QED) is 0.830. The summed E-state index contributed by atoms with van der Waals surface area (Å²) in [7, 11) is 1.64. The molecule has 0 radical (unpaired) electrons. The van der Waals surface area contributed by atoms with E-state index in [-0.39, 0.29) is 12.5 Å². The molecule has 0 saturated carbocycles. The predicted molar refractivity (Wildman–Crippen MR) is 64.1 cm³/mol. The van der Waals surface area contributed by atoms with E-state index >= 15 is 0 Å². The van der Waals surface area contributed by atoms with E-state index in [1.165, 1.54) is 0 Å². The third-order valence-electron chi connectivity index (χ3n) is 2.73. The molecule has 0 aliphatic rings. The molecule has 1 aromatic carbocycles. The number of aliphatic hydroxyl groups is 1. The molecule has 2 atom stereocenters. The summed E-state index contributed by atoms with van der Waals surface area (Å²) < 4.78 is 24.3. The molecule has 0 fully saturated rings. The van der Waals surface area contributed by atoms with Gasteiger partial charge in [0.2, 0.25) is 0 Å². The lowest BCUT2D eigenvalue weighted by molar-refractivity contribution is 0.0623. The Morgan fingerprint density at radius 1 is 1.18 bits per heavy atom. The van der Waals surface area contributed by atoms with Crippen molar-refractivity contribution >= 4 is 0 Å². The van der Waals surface area contributed by atoms with Crippen LogP contribution in [0.3, 0.4) is 0 Å². The molecule has 2 nitrogen and oxygen atoms in total. The maximum atomic E-state index is 12.2. The molecule has 0 bridgehead atoms. The Hall–Kier alpha value is -1.00. The van der Waals surface area contributed by atoms with Gasteiger partial charge in [0.15, 0.2) is 0 Å². The molecule has 0 amide bonds. The van der Waals surface area contributed by atoms with Crippen molar-refractivity contribution in [1.29, 1.82) is 0 Å². The molecule has 2 unspecified atom stereocenters. The van der Waals surface area contributed by atoms with Crippen molar-refractivity contribution < 1.29 is 13.9 Å². The van der Waals surface area contributed by atoms with Crippen LogP contribution in [0.25, 0.3) is 0 Å². The van der Waals surface area contributed by atoms with Gasteiger partial charge in [0, 0.05) is 6.54 Å². The summed E-state index contributed by atoms with van der Waals surface area (Å²) in [5, 5.41) is 10.1. The van der Waals surface area contributed by atoms with Crippen LogP contribution in [0.2, 0.25) is 0 Å². The zero-order valence-corrected chi connectivity index (χ0v) is 10.2. The minimum atomic E-state index is -2.33. The summed E-state index contributed by atoms with van der Waals surface area (Å²) in [5.74, 6) is -0.0823. The van der Waals surface area contributed by atoms with Crippen molar-refractivity contribution in [3.63, 3.8) is 0 Å². The summed E-state index contributed by atoms with van der Waals surface area (Å²) >= 11 is 0. The van der Waals surface area contributed by atoms with E-state index in [9.17, 15) is 13.9 Å². The van der Waals surface area contributed by atoms with Crippen LogP contribution in [-0.2, 0) is 0 Å². The highest BCUT2D eigenvalue weighted by molar-refractivity contribution is 5.17. The fraction of sp³-hybridized carbons (Fsp3) is 0.538. The molecule has 0 heterocycles. The van der Waals surface area contributed by atoms with Gasteiger partial charge >= 0.3 is 0 Å². The number of halogens is 2. The second kappa shape index (κ2) is 6.67. The standard InChI is InChI=1S/C13H19F2NO/c1-10(8-16(2)9-12(14)15)13(17)11-6-4-3-5-7-11/h3-7,10,12-13,17H,8-9H2,1-2H3. The predicted octanol–water partition coefficient (Wildman–Crippen LogP) is 2.55. The Morgan fingerprint density at radius 2 is 1.76 bits per heavy atom. The van der Waals surface area contributed by atoms with E-state index in [4.69, 9.17) is 0 Å². The largest absolute Gasteiger partial charge is 0.388 e. The van der Waals surface area contributed by atoms with E-state index < -0.39 is 12.5 Å². The summed E-state index contributed by atoms with van der Waals surface area (Å²) in [6.07, 6.45) is -2.95. The number of alkyl halides is 2. The van der Waals surface area contributed by atoms with Crippen molar-refractivity contribution in [3.8, 4) is 0 Å². The summed E-state index contributed by atoms with van der Waals surface area (Å²) in [6.45, 7) is 2.05. The van der Waals surface area contributed by atoms with Crippen molar-refractivity contribution in [3.05, 3.63) is 35.9 Å². The SMILES string of the molecule is CC(CN(C)CC(F)F)C(O)c1ccccc1. The number of hydrogen-bond donors (Lipinski definition) is 1. The Morgan fingerprint density at radius 3 is 2.29 bits per heavy atom. The van der Waals surface area contributed by atoms with Gasteiger partial charge in [-0.1, -0.05) is 37.3 Å². The van der Waals surface area contributed by atoms with Gasteiger partial charge in [0.05, 0.1) is 12.6 Å². The van der Waals surface area contributed by atoms with Crippen LogP contribution in [0.4, 0.5) is 8.78 Å². The fourth-order valence-corrected chi connectivity index (χ4v) is 1.88. The number of benzene rings is 1. The topological polar surface area (TPSA) is 23.5 Å². The van der Waals surface area contributed by atoms with Crippen LogP contribution < -0.4 is 0 Å². The first kappa shape index (κ1) is 14.1. The first-order valence-corrected chi connectivity index (χ1v) is 5.70. The van der Waals surface area contributed by atoms with E-state index in [1.807, 2.05) is 37.3 Å². The number of nitrogens with zero attached hydrogens (tertiary/aromatic N) is 1. The van der Waals surface area contributed by atoms with Crippen molar-refractivity contribution in [2.45, 2.75) is 19.5 Å². The minimum absolute atomic E-state index is 0.0823. The van der Waals surface area contributed by atoms with Crippen LogP contribution in [0.1, 0.15) is 18.6 Å². The lowest BCUT2D eigenvalue weighted by Crippen LogP contribution is -2.31. The van der Waals surface area contributed by atoms with Crippen LogP contribution in [-0.4, -0.2) is 36.6 Å². The lowest BCUT2D eigenvalue weighted by Gasteiger charge is -2.24. The average molecular weight is 243 g/mol. The lowest BCUT2D eigenvalue weighted by atomic mass is 9.97. The molecule has 1 N–H and O–H groups in total. The van der Waals surface area contributed by atoms with Gasteiger partial charge in [0.25, 0.3) is 6.43 Å². The molecule has 96 valence electrons. The van der Waals surface area contributed by atoms with E-state index in [0.717, 1.165) is 5.56 Å². The van der Waals surface area contributed by atoms with Gasteiger partial charge in [-0.05, 0) is 18.5 Å². The van der Waals surface area contributed by atoms with Crippen molar-refractivity contribution in [2.75, 3.05) is 20.1 Å². The fourth-order valence-electron chi connectivity index (χ4n) is 1.88. The van der Waals surface area contributed by atoms with Gasteiger partial charge in [-0.25, -0.2) is 8.78 Å². The average Bonchev–Trinajstić information content (AvgIpc) is 2.28. The van der Waals surface area contributed by atoms with Crippen molar-refractivity contribution in [2.24, 2.45) is 5.92 Å². The van der Waals surface area contributed by atoms with E-state index in [0.29, 0.717) is 6.54 Å². The summed E-state index contributed by atoms with van der Waals surface area (Å²) in [6, 6.07) is 9.27. The highest BCUT2D eigenvalue weighted by Gasteiger charge is 2.19. The molecule has 4 heteroatoms. The van der Waals surface area contributed by atoms with Crippen LogP contribution in [0, 0.1) is 5.92 Å². The molecule has 17 heavy (non-hydrogen) atoms. The second-order valence-corrected chi connectivity index (χ2v) is 4.45. The van der Waals surface area contributed by atoms with Crippen LogP contribution in [0.15, 0.2) is 30.3 Å². The molecule has 1 rings (SSSR count). The zero-order valence-electron chi connectivity index (χ0n) is 10.2. The Bertz CT molecular complexity index is 318. The third-order valence-corrected chi connectivity index (χ3v) is 2.73. The first-order chi connectivity index (χ1) is 8.00. The van der Waals surface area contributed by atoms with Crippen molar-refractivity contribution in [1.82, 2.24) is 4.90 Å². The van der Waals surface area contributed by atoms with Crippen LogP contribution >= 0.6 is 0 Å². The minimum Gasteiger partial charge on any atom is -0.388 e. The second-order valence-electron chi connectivity index (χ2n) is 4.45. The smallest absolute Gasteiger partial charge is 0.251 e. The molecular formula is C13H19F2NO. The Labute approximate surface area is 101 Å². The number of rotatable bonds is 6. The summed E-state index contributed by atoms with van der Waals surface area (Å²) in [4.78, 5) is 1.54. The van der Waals surface area contributed by atoms with E-state index in [1.54, 1.807) is 11.9 Å². The normalized spacial score (nSPS) is 15.2. The van der Waals surface area contributed by atoms with Gasteiger partial charge < -0.3 is 10.0 Å². The molecule has 0 aliphatic heterocycles. The van der Waals surface area contributed by atoms with Crippen LogP contribution in [0.5, 0.6) is 0 Å². The maximum Gasteiger partial charge on any atom is 0.251 e. The molecular weight excluding hydrogens is 224 g/mol. The Balaban J connectivity index is 2.50. The number of aliphatic hydroxyl groups excluding tert-OH is 1.